The molecule has 0 spiro atoms. The molecule has 6 heteroatoms. The number of fused-ring (bicyclic) bond motifs is 5. The molecule has 0 radical (unpaired) electrons. The van der Waals surface area contributed by atoms with Crippen LogP contribution in [0, 0.1) is 0 Å². The SMILES string of the molecule is CC(C)c1nc2sc3c(N4CCN(C(c5ccccc5)c5ccccc5)CC4)ncnc3c2c2c1CCC2. The van der Waals surface area contributed by atoms with Gasteiger partial charge >= 0.3 is 0 Å². The predicted octanol–water partition coefficient (Wildman–Crippen LogP) is 6.76. The lowest BCUT2D eigenvalue weighted by Crippen LogP contribution is -2.48. The Bertz CT molecular complexity index is 1550. The third-order valence-electron chi connectivity index (χ3n) is 8.24. The Morgan fingerprint density at radius 1 is 0.789 bits per heavy atom. The smallest absolute Gasteiger partial charge is 0.150 e. The fourth-order valence-corrected chi connectivity index (χ4v) is 7.68. The van der Waals surface area contributed by atoms with Crippen molar-refractivity contribution < 1.29 is 0 Å². The van der Waals surface area contributed by atoms with Gasteiger partial charge < -0.3 is 4.90 Å². The van der Waals surface area contributed by atoms with Crippen LogP contribution in [0.3, 0.4) is 0 Å². The summed E-state index contributed by atoms with van der Waals surface area (Å²) in [7, 11) is 0. The lowest BCUT2D eigenvalue weighted by atomic mass is 9.96. The molecule has 38 heavy (non-hydrogen) atoms. The van der Waals surface area contributed by atoms with Crippen LogP contribution in [0.2, 0.25) is 0 Å². The first-order chi connectivity index (χ1) is 18.7. The minimum Gasteiger partial charge on any atom is -0.353 e. The molecule has 2 aromatic carbocycles. The molecule has 3 aromatic heterocycles. The summed E-state index contributed by atoms with van der Waals surface area (Å²) in [5, 5.41) is 1.29. The normalized spacial score (nSPS) is 16.3. The van der Waals surface area contributed by atoms with E-state index in [9.17, 15) is 0 Å². The number of aromatic nitrogens is 3. The summed E-state index contributed by atoms with van der Waals surface area (Å²) in [6.45, 7) is 8.39. The summed E-state index contributed by atoms with van der Waals surface area (Å²) in [6.07, 6.45) is 5.27. The molecule has 1 aliphatic heterocycles. The highest BCUT2D eigenvalue weighted by molar-refractivity contribution is 7.26. The molecule has 0 atom stereocenters. The first-order valence-electron chi connectivity index (χ1n) is 13.9. The molecule has 0 bridgehead atoms. The Morgan fingerprint density at radius 2 is 1.45 bits per heavy atom. The van der Waals surface area contributed by atoms with E-state index in [1.807, 2.05) is 0 Å². The maximum Gasteiger partial charge on any atom is 0.150 e. The van der Waals surface area contributed by atoms with E-state index in [2.05, 4.69) is 84.3 Å². The van der Waals surface area contributed by atoms with Crippen LogP contribution in [0.15, 0.2) is 67.0 Å². The number of thiophene rings is 1. The van der Waals surface area contributed by atoms with Gasteiger partial charge in [0.1, 0.15) is 17.0 Å². The Labute approximate surface area is 228 Å². The fourth-order valence-electron chi connectivity index (χ4n) is 6.49. The zero-order valence-corrected chi connectivity index (χ0v) is 22.9. The van der Waals surface area contributed by atoms with Crippen LogP contribution in [-0.2, 0) is 12.8 Å². The Balaban J connectivity index is 1.22. The van der Waals surface area contributed by atoms with E-state index in [-0.39, 0.29) is 6.04 Å². The highest BCUT2D eigenvalue weighted by Gasteiger charge is 2.29. The molecule has 5 nitrogen and oxygen atoms in total. The minimum absolute atomic E-state index is 0.260. The number of piperazine rings is 1. The molecule has 4 heterocycles. The standard InChI is InChI=1S/C32H33N5S/c1-21(2)27-25-15-9-14-24(25)26-28-30(38-32(26)35-27)31(34-20-33-28)37-18-16-36(17-19-37)29(22-10-5-3-6-11-22)23-12-7-4-8-13-23/h3-8,10-13,20-21,29H,9,14-19H2,1-2H3. The summed E-state index contributed by atoms with van der Waals surface area (Å²) in [4.78, 5) is 21.1. The molecule has 1 saturated heterocycles. The number of hydrogen-bond donors (Lipinski definition) is 0. The highest BCUT2D eigenvalue weighted by atomic mass is 32.1. The lowest BCUT2D eigenvalue weighted by Gasteiger charge is -2.40. The largest absolute Gasteiger partial charge is 0.353 e. The van der Waals surface area contributed by atoms with Crippen molar-refractivity contribution in [3.63, 3.8) is 0 Å². The van der Waals surface area contributed by atoms with Gasteiger partial charge in [-0.1, -0.05) is 74.5 Å². The van der Waals surface area contributed by atoms with Crippen molar-refractivity contribution in [2.75, 3.05) is 31.1 Å². The summed E-state index contributed by atoms with van der Waals surface area (Å²) in [6, 6.07) is 22.1. The van der Waals surface area contributed by atoms with Gasteiger partial charge in [-0.2, -0.15) is 0 Å². The molecule has 2 aliphatic rings. The van der Waals surface area contributed by atoms with Gasteiger partial charge in [-0.25, -0.2) is 15.0 Å². The molecule has 0 unspecified atom stereocenters. The number of anilines is 1. The molecular formula is C32H33N5S. The van der Waals surface area contributed by atoms with E-state index in [4.69, 9.17) is 15.0 Å². The molecule has 0 N–H and O–H groups in total. The van der Waals surface area contributed by atoms with Crippen LogP contribution < -0.4 is 4.90 Å². The number of aryl methyl sites for hydroxylation is 1. The van der Waals surface area contributed by atoms with Crippen LogP contribution in [0.25, 0.3) is 20.4 Å². The fraction of sp³-hybridized carbons (Fsp3) is 0.344. The van der Waals surface area contributed by atoms with Crippen molar-refractivity contribution in [3.05, 3.63) is 94.9 Å². The molecule has 1 aliphatic carbocycles. The van der Waals surface area contributed by atoms with Gasteiger partial charge in [0, 0.05) is 37.3 Å². The summed E-state index contributed by atoms with van der Waals surface area (Å²) in [5.74, 6) is 1.52. The number of benzene rings is 2. The third kappa shape index (κ3) is 3.98. The number of nitrogens with zero attached hydrogens (tertiary/aromatic N) is 5. The molecule has 5 aromatic rings. The monoisotopic (exact) mass is 519 g/mol. The average molecular weight is 520 g/mol. The topological polar surface area (TPSA) is 45.2 Å². The van der Waals surface area contributed by atoms with Gasteiger partial charge in [0.05, 0.1) is 16.3 Å². The van der Waals surface area contributed by atoms with E-state index in [0.29, 0.717) is 5.92 Å². The van der Waals surface area contributed by atoms with Gasteiger partial charge in [-0.15, -0.1) is 11.3 Å². The number of pyridine rings is 1. The highest BCUT2D eigenvalue weighted by Crippen LogP contribution is 2.43. The Kier molecular flexibility index (Phi) is 6.09. The van der Waals surface area contributed by atoms with Gasteiger partial charge in [0.15, 0.2) is 0 Å². The van der Waals surface area contributed by atoms with E-state index >= 15 is 0 Å². The summed E-state index contributed by atoms with van der Waals surface area (Å²) in [5.41, 5.74) is 8.06. The molecule has 0 amide bonds. The molecule has 0 saturated carbocycles. The third-order valence-corrected chi connectivity index (χ3v) is 9.31. The minimum atomic E-state index is 0.260. The van der Waals surface area contributed by atoms with Crippen molar-refractivity contribution in [1.82, 2.24) is 19.9 Å². The first-order valence-corrected chi connectivity index (χ1v) is 14.7. The predicted molar refractivity (Wildman–Crippen MR) is 157 cm³/mol. The van der Waals surface area contributed by atoms with Crippen LogP contribution in [0.1, 0.15) is 60.2 Å². The van der Waals surface area contributed by atoms with Crippen LogP contribution in [-0.4, -0.2) is 46.0 Å². The molecule has 1 fully saturated rings. The van der Waals surface area contributed by atoms with Crippen molar-refractivity contribution >= 4 is 37.6 Å². The molecule has 7 rings (SSSR count). The summed E-state index contributed by atoms with van der Waals surface area (Å²) < 4.78 is 1.20. The second-order valence-corrected chi connectivity index (χ2v) is 11.9. The van der Waals surface area contributed by atoms with Crippen molar-refractivity contribution in [2.45, 2.75) is 45.1 Å². The number of hydrogen-bond acceptors (Lipinski definition) is 6. The van der Waals surface area contributed by atoms with E-state index < -0.39 is 0 Å². The molecule has 192 valence electrons. The summed E-state index contributed by atoms with van der Waals surface area (Å²) >= 11 is 1.79. The van der Waals surface area contributed by atoms with Crippen molar-refractivity contribution in [3.8, 4) is 0 Å². The average Bonchev–Trinajstić information content (AvgIpc) is 3.59. The van der Waals surface area contributed by atoms with Crippen LogP contribution in [0.4, 0.5) is 5.82 Å². The van der Waals surface area contributed by atoms with Gasteiger partial charge in [0.2, 0.25) is 0 Å². The van der Waals surface area contributed by atoms with Crippen LogP contribution in [0.5, 0.6) is 0 Å². The maximum absolute atomic E-state index is 5.20. The quantitative estimate of drug-likeness (QED) is 0.257. The van der Waals surface area contributed by atoms with E-state index in [0.717, 1.165) is 55.2 Å². The second kappa shape index (κ2) is 9.75. The Hall–Kier alpha value is -3.35. The van der Waals surface area contributed by atoms with E-state index in [1.54, 1.807) is 17.7 Å². The van der Waals surface area contributed by atoms with Gasteiger partial charge in [-0.3, -0.25) is 4.90 Å². The number of rotatable bonds is 5. The first kappa shape index (κ1) is 23.7. The van der Waals surface area contributed by atoms with Crippen LogP contribution >= 0.6 is 11.3 Å². The Morgan fingerprint density at radius 3 is 2.11 bits per heavy atom. The van der Waals surface area contributed by atoms with Gasteiger partial charge in [0.25, 0.3) is 0 Å². The zero-order valence-electron chi connectivity index (χ0n) is 22.1. The van der Waals surface area contributed by atoms with E-state index in [1.165, 1.54) is 44.5 Å². The lowest BCUT2D eigenvalue weighted by molar-refractivity contribution is 0.212. The maximum atomic E-state index is 5.20. The second-order valence-electron chi connectivity index (χ2n) is 10.9. The molecular weight excluding hydrogens is 486 g/mol. The van der Waals surface area contributed by atoms with Gasteiger partial charge in [-0.05, 0) is 47.4 Å². The zero-order chi connectivity index (χ0) is 25.6. The van der Waals surface area contributed by atoms with Crippen molar-refractivity contribution in [1.29, 1.82) is 0 Å². The van der Waals surface area contributed by atoms with Crippen molar-refractivity contribution in [2.24, 2.45) is 0 Å².